The fourth-order valence-electron chi connectivity index (χ4n) is 1.95. The van der Waals surface area contributed by atoms with Crippen LogP contribution in [0.15, 0.2) is 0 Å². The Labute approximate surface area is 105 Å². The molecule has 0 aromatic carbocycles. The lowest BCUT2D eigenvalue weighted by molar-refractivity contribution is -0.384. The maximum Gasteiger partial charge on any atom is 0.335 e. The van der Waals surface area contributed by atoms with Crippen LogP contribution in [0, 0.1) is 10.1 Å². The molecule has 1 fully saturated rings. The molecule has 8 nitrogen and oxygen atoms in total. The molecule has 0 atom stereocenters. The second-order valence-electron chi connectivity index (χ2n) is 4.09. The summed E-state index contributed by atoms with van der Waals surface area (Å²) in [5.74, 6) is 0.429. The van der Waals surface area contributed by atoms with Gasteiger partial charge in [0.1, 0.15) is 5.69 Å². The molecule has 0 radical (unpaired) electrons. The molecule has 100 valence electrons. The van der Waals surface area contributed by atoms with Gasteiger partial charge in [-0.2, -0.15) is 5.10 Å². The molecule has 0 amide bonds. The summed E-state index contributed by atoms with van der Waals surface area (Å²) in [5, 5.41) is 17.2. The van der Waals surface area contributed by atoms with Crippen molar-refractivity contribution in [1.82, 2.24) is 14.8 Å². The zero-order valence-electron chi connectivity index (χ0n) is 10.5. The highest BCUT2D eigenvalue weighted by molar-refractivity contribution is 5.59. The minimum Gasteiger partial charge on any atom is -0.379 e. The van der Waals surface area contributed by atoms with Crippen LogP contribution in [0.4, 0.5) is 11.5 Å². The second-order valence-corrected chi connectivity index (χ2v) is 4.09. The Hall–Kier alpha value is -1.67. The van der Waals surface area contributed by atoms with E-state index in [0.717, 1.165) is 0 Å². The molecular weight excluding hydrogens is 238 g/mol. The lowest BCUT2D eigenvalue weighted by atomic mass is 10.3. The molecule has 1 aliphatic rings. The third-order valence-electron chi connectivity index (χ3n) is 2.88. The maximum atomic E-state index is 11.1. The topological polar surface area (TPSA) is 85.5 Å². The first-order valence-corrected chi connectivity index (χ1v) is 5.93. The number of ether oxygens (including phenoxy) is 1. The highest BCUT2D eigenvalue weighted by atomic mass is 16.6. The quantitative estimate of drug-likeness (QED) is 0.624. The lowest BCUT2D eigenvalue weighted by Crippen LogP contribution is -2.40. The van der Waals surface area contributed by atoms with Crippen LogP contribution < -0.4 is 5.43 Å². The van der Waals surface area contributed by atoms with Gasteiger partial charge in [0.15, 0.2) is 0 Å². The third-order valence-corrected chi connectivity index (χ3v) is 2.88. The molecule has 1 aromatic rings. The number of aryl methyl sites for hydroxylation is 2. The van der Waals surface area contributed by atoms with Crippen molar-refractivity contribution in [3.05, 3.63) is 15.8 Å². The van der Waals surface area contributed by atoms with Crippen LogP contribution >= 0.6 is 0 Å². The number of nitro groups is 1. The Morgan fingerprint density at radius 3 is 2.72 bits per heavy atom. The molecule has 1 N–H and O–H groups in total. The highest BCUT2D eigenvalue weighted by Crippen LogP contribution is 2.28. The number of anilines is 1. The maximum absolute atomic E-state index is 11.1. The number of hydrazine groups is 1. The summed E-state index contributed by atoms with van der Waals surface area (Å²) in [5.41, 5.74) is 3.63. The van der Waals surface area contributed by atoms with E-state index in [0.29, 0.717) is 44.2 Å². The average molecular weight is 255 g/mol. The van der Waals surface area contributed by atoms with Gasteiger partial charge in [-0.15, -0.1) is 0 Å². The van der Waals surface area contributed by atoms with E-state index in [1.807, 2.05) is 11.9 Å². The van der Waals surface area contributed by atoms with Crippen molar-refractivity contribution in [2.75, 3.05) is 31.7 Å². The van der Waals surface area contributed by atoms with Crippen molar-refractivity contribution in [2.45, 2.75) is 13.3 Å². The van der Waals surface area contributed by atoms with Crippen molar-refractivity contribution < 1.29 is 9.66 Å². The molecule has 1 aromatic heterocycles. The summed E-state index contributed by atoms with van der Waals surface area (Å²) >= 11 is 0. The van der Waals surface area contributed by atoms with Gasteiger partial charge in [-0.25, -0.2) is 9.69 Å². The Morgan fingerprint density at radius 1 is 1.50 bits per heavy atom. The molecule has 0 aliphatic carbocycles. The van der Waals surface area contributed by atoms with E-state index in [9.17, 15) is 10.1 Å². The molecule has 0 spiro atoms. The molecular formula is C10H17N5O3. The summed E-state index contributed by atoms with van der Waals surface area (Å²) < 4.78 is 6.75. The summed E-state index contributed by atoms with van der Waals surface area (Å²) in [6.45, 7) is 4.50. The van der Waals surface area contributed by atoms with E-state index in [4.69, 9.17) is 4.74 Å². The van der Waals surface area contributed by atoms with E-state index >= 15 is 0 Å². The summed E-state index contributed by atoms with van der Waals surface area (Å²) in [4.78, 5) is 10.7. The first-order valence-electron chi connectivity index (χ1n) is 5.93. The number of morpholine rings is 1. The van der Waals surface area contributed by atoms with E-state index in [-0.39, 0.29) is 10.6 Å². The zero-order chi connectivity index (χ0) is 13.1. The van der Waals surface area contributed by atoms with Crippen molar-refractivity contribution in [2.24, 2.45) is 7.05 Å². The summed E-state index contributed by atoms with van der Waals surface area (Å²) in [6.07, 6.45) is 0.537. The summed E-state index contributed by atoms with van der Waals surface area (Å²) in [6, 6.07) is 0. The van der Waals surface area contributed by atoms with Gasteiger partial charge in [0.25, 0.3) is 0 Å². The molecule has 18 heavy (non-hydrogen) atoms. The Bertz CT molecular complexity index is 439. The molecule has 0 saturated carbocycles. The van der Waals surface area contributed by atoms with E-state index < -0.39 is 0 Å². The van der Waals surface area contributed by atoms with Gasteiger partial charge in [-0.05, 0) is 6.42 Å². The first kappa shape index (κ1) is 12.8. The SMILES string of the molecule is CCc1nn(C)c(NN2CCOCC2)c1[N+](=O)[O-]. The van der Waals surface area contributed by atoms with E-state index in [1.165, 1.54) is 4.68 Å². The average Bonchev–Trinajstić information content (AvgIpc) is 2.67. The van der Waals surface area contributed by atoms with Crippen LogP contribution in [-0.2, 0) is 18.2 Å². The van der Waals surface area contributed by atoms with Crippen molar-refractivity contribution in [3.8, 4) is 0 Å². The van der Waals surface area contributed by atoms with E-state index in [1.54, 1.807) is 7.05 Å². The molecule has 2 rings (SSSR count). The molecule has 0 bridgehead atoms. The third kappa shape index (κ3) is 2.44. The van der Waals surface area contributed by atoms with Crippen LogP contribution in [0.25, 0.3) is 0 Å². The van der Waals surface area contributed by atoms with Crippen molar-refractivity contribution in [3.63, 3.8) is 0 Å². The van der Waals surface area contributed by atoms with Crippen molar-refractivity contribution >= 4 is 11.5 Å². The summed E-state index contributed by atoms with van der Waals surface area (Å²) in [7, 11) is 1.70. The van der Waals surface area contributed by atoms with Gasteiger partial charge in [0, 0.05) is 20.1 Å². The lowest BCUT2D eigenvalue weighted by Gasteiger charge is -2.27. The number of nitrogens with one attached hydrogen (secondary N) is 1. The fourth-order valence-corrected chi connectivity index (χ4v) is 1.95. The smallest absolute Gasteiger partial charge is 0.335 e. The molecule has 0 unspecified atom stereocenters. The number of hydrogen-bond donors (Lipinski definition) is 1. The standard InChI is InChI=1S/C10H17N5O3/c1-3-8-9(15(16)17)10(13(2)11-8)12-14-4-6-18-7-5-14/h12H,3-7H2,1-2H3. The van der Waals surface area contributed by atoms with Crippen molar-refractivity contribution in [1.29, 1.82) is 0 Å². The normalized spacial score (nSPS) is 16.8. The predicted molar refractivity (Wildman–Crippen MR) is 65.3 cm³/mol. The van der Waals surface area contributed by atoms with Crippen LogP contribution in [-0.4, -0.2) is 46.0 Å². The molecule has 1 saturated heterocycles. The predicted octanol–water partition coefficient (Wildman–Crippen LogP) is 0.550. The Morgan fingerprint density at radius 2 is 2.17 bits per heavy atom. The first-order chi connectivity index (χ1) is 8.63. The van der Waals surface area contributed by atoms with Gasteiger partial charge in [-0.3, -0.25) is 15.5 Å². The highest BCUT2D eigenvalue weighted by Gasteiger charge is 2.27. The van der Waals surface area contributed by atoms with Crippen LogP contribution in [0.3, 0.4) is 0 Å². The number of hydrogen-bond acceptors (Lipinski definition) is 6. The van der Waals surface area contributed by atoms with E-state index in [2.05, 4.69) is 10.5 Å². The van der Waals surface area contributed by atoms with Crippen LogP contribution in [0.1, 0.15) is 12.6 Å². The van der Waals surface area contributed by atoms with Crippen LogP contribution in [0.5, 0.6) is 0 Å². The van der Waals surface area contributed by atoms with Gasteiger partial charge in [-0.1, -0.05) is 6.92 Å². The number of rotatable bonds is 4. The molecule has 1 aliphatic heterocycles. The number of aromatic nitrogens is 2. The fraction of sp³-hybridized carbons (Fsp3) is 0.700. The van der Waals surface area contributed by atoms with Gasteiger partial charge in [0.2, 0.25) is 5.82 Å². The van der Waals surface area contributed by atoms with Gasteiger partial charge in [0.05, 0.1) is 18.1 Å². The van der Waals surface area contributed by atoms with Gasteiger partial charge >= 0.3 is 5.69 Å². The Kier molecular flexibility index (Phi) is 3.78. The molecule has 2 heterocycles. The number of nitrogens with zero attached hydrogens (tertiary/aromatic N) is 4. The minimum absolute atomic E-state index is 0.0616. The second kappa shape index (κ2) is 5.32. The largest absolute Gasteiger partial charge is 0.379 e. The Balaban J connectivity index is 2.25. The molecule has 8 heteroatoms. The zero-order valence-corrected chi connectivity index (χ0v) is 10.5. The van der Waals surface area contributed by atoms with Crippen LogP contribution in [0.2, 0.25) is 0 Å². The van der Waals surface area contributed by atoms with Gasteiger partial charge < -0.3 is 4.74 Å². The monoisotopic (exact) mass is 255 g/mol. The minimum atomic E-state index is -0.380.